The fourth-order valence-corrected chi connectivity index (χ4v) is 7.40. The first kappa shape index (κ1) is 31.0. The molecule has 1 aromatic rings. The zero-order valence-electron chi connectivity index (χ0n) is 25.9. The van der Waals surface area contributed by atoms with Crippen LogP contribution in [0.4, 0.5) is 5.69 Å². The molecule has 6 atom stereocenters. The van der Waals surface area contributed by atoms with Gasteiger partial charge in [-0.3, -0.25) is 24.0 Å². The molecule has 4 fully saturated rings. The largest absolute Gasteiger partial charge is 0.448 e. The standard InChI is InChI=1S/C32H45N5O6/c1-19(33-5)25(38)36-23-12-7-6-11-22-13-14-24(37(22)27(23)40)26(39)34-18-20-9-8-10-21(17-20)35-28(41)32-16-15-31(4,29(42)43-32)30(32,2)3/h8-10,17,19,22-24,33H,6-7,11-16,18H2,1-5H3,(H,34,39)(H,35,41)(H,36,38)/t19-,22?,23-,24-,31?,32?/m0/s1. The molecule has 5 rings (SSSR count). The fourth-order valence-electron chi connectivity index (χ4n) is 7.40. The minimum atomic E-state index is -1.22. The molecular weight excluding hydrogens is 550 g/mol. The Morgan fingerprint density at radius 1 is 1.05 bits per heavy atom. The maximum Gasteiger partial charge on any atom is 0.313 e. The highest BCUT2D eigenvalue weighted by Gasteiger charge is 2.75. The highest BCUT2D eigenvalue weighted by atomic mass is 16.6. The van der Waals surface area contributed by atoms with Gasteiger partial charge < -0.3 is 30.9 Å². The lowest BCUT2D eigenvalue weighted by Crippen LogP contribution is -2.57. The van der Waals surface area contributed by atoms with E-state index in [-0.39, 0.29) is 42.2 Å². The van der Waals surface area contributed by atoms with Crippen molar-refractivity contribution in [3.63, 3.8) is 0 Å². The van der Waals surface area contributed by atoms with E-state index in [2.05, 4.69) is 21.3 Å². The Balaban J connectivity index is 1.23. The average molecular weight is 596 g/mol. The number of carbonyl (C=O) groups is 5. The van der Waals surface area contributed by atoms with E-state index in [9.17, 15) is 24.0 Å². The summed E-state index contributed by atoms with van der Waals surface area (Å²) in [7, 11) is 1.70. The van der Waals surface area contributed by atoms with E-state index in [1.165, 1.54) is 0 Å². The smallest absolute Gasteiger partial charge is 0.313 e. The van der Waals surface area contributed by atoms with Gasteiger partial charge in [-0.1, -0.05) is 38.8 Å². The lowest BCUT2D eigenvalue weighted by atomic mass is 9.66. The number of fused-ring (bicyclic) bond motifs is 3. The van der Waals surface area contributed by atoms with Gasteiger partial charge in [-0.25, -0.2) is 0 Å². The van der Waals surface area contributed by atoms with Crippen LogP contribution < -0.4 is 21.3 Å². The van der Waals surface area contributed by atoms with Crippen LogP contribution in [0.2, 0.25) is 0 Å². The summed E-state index contributed by atoms with van der Waals surface area (Å²) < 4.78 is 5.71. The van der Waals surface area contributed by atoms with Crippen LogP contribution >= 0.6 is 0 Å². The van der Waals surface area contributed by atoms with E-state index in [4.69, 9.17) is 4.74 Å². The molecular formula is C32H45N5O6. The molecule has 234 valence electrons. The summed E-state index contributed by atoms with van der Waals surface area (Å²) >= 11 is 0. The van der Waals surface area contributed by atoms with Gasteiger partial charge in [-0.15, -0.1) is 0 Å². The maximum absolute atomic E-state index is 13.7. The molecule has 4 aliphatic rings. The Bertz CT molecular complexity index is 1310. The van der Waals surface area contributed by atoms with Crippen LogP contribution in [0.3, 0.4) is 0 Å². The second-order valence-corrected chi connectivity index (χ2v) is 13.4. The molecule has 4 amide bonds. The predicted molar refractivity (Wildman–Crippen MR) is 159 cm³/mol. The van der Waals surface area contributed by atoms with Crippen molar-refractivity contribution in [2.75, 3.05) is 12.4 Å². The molecule has 1 saturated carbocycles. The van der Waals surface area contributed by atoms with Crippen molar-refractivity contribution in [2.24, 2.45) is 10.8 Å². The first-order valence-electron chi connectivity index (χ1n) is 15.6. The third-order valence-electron chi connectivity index (χ3n) is 10.9. The average Bonchev–Trinajstić information content (AvgIpc) is 3.53. The summed E-state index contributed by atoms with van der Waals surface area (Å²) in [5, 5.41) is 11.7. The number of anilines is 1. The highest BCUT2D eigenvalue weighted by molar-refractivity contribution is 6.03. The summed E-state index contributed by atoms with van der Waals surface area (Å²) in [6, 6.07) is 5.51. The molecule has 11 heteroatoms. The Labute approximate surface area is 253 Å². The van der Waals surface area contributed by atoms with Crippen molar-refractivity contribution in [3.8, 4) is 0 Å². The van der Waals surface area contributed by atoms with Gasteiger partial charge in [0.05, 0.1) is 11.5 Å². The maximum atomic E-state index is 13.7. The summed E-state index contributed by atoms with van der Waals surface area (Å²) in [4.78, 5) is 67.4. The minimum absolute atomic E-state index is 0.0195. The molecule has 0 radical (unpaired) electrons. The number of likely N-dealkylation sites (N-methyl/N-ethyl adjacent to an activating group) is 1. The number of esters is 1. The van der Waals surface area contributed by atoms with Crippen LogP contribution in [-0.4, -0.2) is 71.3 Å². The zero-order valence-corrected chi connectivity index (χ0v) is 25.9. The molecule has 3 heterocycles. The van der Waals surface area contributed by atoms with Gasteiger partial charge in [0.15, 0.2) is 5.60 Å². The highest BCUT2D eigenvalue weighted by Crippen LogP contribution is 2.65. The summed E-state index contributed by atoms with van der Waals surface area (Å²) in [5.74, 6) is -1.33. The van der Waals surface area contributed by atoms with Gasteiger partial charge in [0, 0.05) is 23.7 Å². The molecule has 1 aromatic carbocycles. The van der Waals surface area contributed by atoms with Gasteiger partial charge in [0.2, 0.25) is 17.7 Å². The van der Waals surface area contributed by atoms with Crippen LogP contribution in [0.5, 0.6) is 0 Å². The third-order valence-corrected chi connectivity index (χ3v) is 10.9. The number of hydrogen-bond donors (Lipinski definition) is 4. The van der Waals surface area contributed by atoms with E-state index in [0.717, 1.165) is 31.2 Å². The third kappa shape index (κ3) is 5.19. The molecule has 11 nitrogen and oxygen atoms in total. The number of ether oxygens (including phenoxy) is 1. The predicted octanol–water partition coefficient (Wildman–Crippen LogP) is 2.39. The van der Waals surface area contributed by atoms with E-state index in [1.54, 1.807) is 37.1 Å². The second kappa shape index (κ2) is 11.6. The molecule has 3 unspecified atom stereocenters. The molecule has 0 spiro atoms. The molecule has 1 aliphatic carbocycles. The van der Waals surface area contributed by atoms with Gasteiger partial charge in [0.1, 0.15) is 12.1 Å². The first-order valence-corrected chi connectivity index (χ1v) is 15.6. The molecule has 0 aromatic heterocycles. The Morgan fingerprint density at radius 2 is 1.79 bits per heavy atom. The number of nitrogens with one attached hydrogen (secondary N) is 4. The van der Waals surface area contributed by atoms with E-state index < -0.39 is 34.6 Å². The van der Waals surface area contributed by atoms with Crippen molar-refractivity contribution in [2.45, 2.75) is 115 Å². The van der Waals surface area contributed by atoms with Gasteiger partial charge in [0.25, 0.3) is 5.91 Å². The van der Waals surface area contributed by atoms with Gasteiger partial charge in [-0.05, 0) is 77.1 Å². The summed E-state index contributed by atoms with van der Waals surface area (Å²) in [6.45, 7) is 7.66. The van der Waals surface area contributed by atoms with Crippen LogP contribution in [0.25, 0.3) is 0 Å². The molecule has 2 bridgehead atoms. The number of benzene rings is 1. The number of carbonyl (C=O) groups excluding carboxylic acids is 5. The van der Waals surface area contributed by atoms with E-state index in [1.807, 2.05) is 26.8 Å². The lowest BCUT2D eigenvalue weighted by molar-refractivity contribution is -0.165. The molecule has 4 N–H and O–H groups in total. The lowest BCUT2D eigenvalue weighted by Gasteiger charge is -2.35. The monoisotopic (exact) mass is 595 g/mol. The summed E-state index contributed by atoms with van der Waals surface area (Å²) in [6.07, 6.45) is 5.57. The zero-order chi connectivity index (χ0) is 31.2. The Kier molecular flexibility index (Phi) is 8.32. The Hall–Kier alpha value is -3.47. The minimum Gasteiger partial charge on any atom is -0.448 e. The molecule has 3 aliphatic heterocycles. The Morgan fingerprint density at radius 3 is 2.47 bits per heavy atom. The van der Waals surface area contributed by atoms with Crippen LogP contribution in [-0.2, 0) is 35.3 Å². The molecule has 3 saturated heterocycles. The number of amides is 4. The SMILES string of the molecule is CN[C@@H](C)C(=O)N[C@H]1CCCCC2CC[C@@H](C(=O)NCc3cccc(NC(=O)C45CCC(C)(C(=O)O4)C5(C)C)c3)N2C1=O. The number of rotatable bonds is 8. The van der Waals surface area contributed by atoms with Crippen LogP contribution in [0.1, 0.15) is 84.6 Å². The normalized spacial score (nSPS) is 31.8. The number of nitrogens with zero attached hydrogens (tertiary/aromatic N) is 1. The van der Waals surface area contributed by atoms with Gasteiger partial charge >= 0.3 is 5.97 Å². The van der Waals surface area contributed by atoms with Crippen molar-refractivity contribution in [1.82, 2.24) is 20.9 Å². The van der Waals surface area contributed by atoms with E-state index >= 15 is 0 Å². The first-order chi connectivity index (χ1) is 20.3. The van der Waals surface area contributed by atoms with Crippen molar-refractivity contribution >= 4 is 35.3 Å². The van der Waals surface area contributed by atoms with Crippen molar-refractivity contribution < 1.29 is 28.7 Å². The van der Waals surface area contributed by atoms with Crippen molar-refractivity contribution in [3.05, 3.63) is 29.8 Å². The van der Waals surface area contributed by atoms with Crippen molar-refractivity contribution in [1.29, 1.82) is 0 Å². The molecule has 43 heavy (non-hydrogen) atoms. The van der Waals surface area contributed by atoms with Crippen LogP contribution in [0.15, 0.2) is 24.3 Å². The van der Waals surface area contributed by atoms with E-state index in [0.29, 0.717) is 31.4 Å². The summed E-state index contributed by atoms with van der Waals surface area (Å²) in [5.41, 5.74) is -1.23. The van der Waals surface area contributed by atoms with Crippen LogP contribution in [0, 0.1) is 10.8 Å². The quantitative estimate of drug-likeness (QED) is 0.338. The van der Waals surface area contributed by atoms with Gasteiger partial charge in [-0.2, -0.15) is 0 Å². The fraction of sp³-hybridized carbons (Fsp3) is 0.656. The number of hydrogen-bond acceptors (Lipinski definition) is 7. The topological polar surface area (TPSA) is 146 Å². The second-order valence-electron chi connectivity index (χ2n) is 13.4.